The van der Waals surface area contributed by atoms with Crippen LogP contribution in [-0.4, -0.2) is 53.7 Å². The number of rotatable bonds is 6. The summed E-state index contributed by atoms with van der Waals surface area (Å²) in [6.45, 7) is 1.88. The summed E-state index contributed by atoms with van der Waals surface area (Å²) >= 11 is 6.18. The Morgan fingerprint density at radius 1 is 1.00 bits per heavy atom. The molecule has 0 aromatic heterocycles. The molecule has 2 aromatic rings. The first kappa shape index (κ1) is 24.6. The molecule has 9 nitrogen and oxygen atoms in total. The largest absolute Gasteiger partial charge is 0.378 e. The predicted octanol–water partition coefficient (Wildman–Crippen LogP) is 3.86. The Kier molecular flexibility index (Phi) is 7.57. The minimum absolute atomic E-state index is 0.0527. The van der Waals surface area contributed by atoms with Gasteiger partial charge in [-0.15, -0.1) is 0 Å². The molecule has 2 aliphatic rings. The van der Waals surface area contributed by atoms with Gasteiger partial charge in [0.25, 0.3) is 5.69 Å². The van der Waals surface area contributed by atoms with Crippen molar-refractivity contribution in [2.24, 2.45) is 11.8 Å². The molecule has 4 rings (SSSR count). The van der Waals surface area contributed by atoms with E-state index in [-0.39, 0.29) is 33.4 Å². The molecule has 1 aliphatic heterocycles. The van der Waals surface area contributed by atoms with E-state index < -0.39 is 28.4 Å². The number of nitrogens with zero attached hydrogens (tertiary/aromatic N) is 2. The molecule has 0 saturated carbocycles. The summed E-state index contributed by atoms with van der Waals surface area (Å²) in [5.74, 6) is -2.27. The number of hydrogen-bond acceptors (Lipinski definition) is 6. The SMILES string of the molecule is O=C(c1ccccc1Cl)c1cc([N+](=O)[O-])ccc1NC(=O)C1CC=CCC1C(=O)N1CCOCC1. The van der Waals surface area contributed by atoms with Gasteiger partial charge in [0.1, 0.15) is 0 Å². The predicted molar refractivity (Wildman–Crippen MR) is 129 cm³/mol. The van der Waals surface area contributed by atoms with Crippen molar-refractivity contribution in [3.63, 3.8) is 0 Å². The molecule has 1 saturated heterocycles. The molecule has 1 aliphatic carbocycles. The van der Waals surface area contributed by atoms with Gasteiger partial charge in [0.15, 0.2) is 5.78 Å². The van der Waals surface area contributed by atoms with Gasteiger partial charge < -0.3 is 15.0 Å². The normalized spacial score (nSPS) is 19.7. The number of non-ortho nitro benzene ring substituents is 1. The van der Waals surface area contributed by atoms with Crippen LogP contribution < -0.4 is 5.32 Å². The fourth-order valence-electron chi connectivity index (χ4n) is 4.35. The Morgan fingerprint density at radius 2 is 1.69 bits per heavy atom. The third-order valence-electron chi connectivity index (χ3n) is 6.24. The molecule has 2 unspecified atom stereocenters. The van der Waals surface area contributed by atoms with Crippen molar-refractivity contribution in [2.75, 3.05) is 31.6 Å². The molecular formula is C25H24ClN3O6. The lowest BCUT2D eigenvalue weighted by molar-refractivity contribution is -0.384. The Bertz CT molecular complexity index is 1190. The quantitative estimate of drug-likeness (QED) is 0.280. The van der Waals surface area contributed by atoms with Gasteiger partial charge in [0.2, 0.25) is 11.8 Å². The van der Waals surface area contributed by atoms with E-state index in [1.807, 2.05) is 12.2 Å². The van der Waals surface area contributed by atoms with Crippen molar-refractivity contribution >= 4 is 40.6 Å². The Hall–Kier alpha value is -3.56. The summed E-state index contributed by atoms with van der Waals surface area (Å²) in [5.41, 5.74) is -0.0637. The van der Waals surface area contributed by atoms with Crippen LogP contribution in [0.5, 0.6) is 0 Å². The number of morpholine rings is 1. The number of carbonyl (C=O) groups is 3. The third-order valence-corrected chi connectivity index (χ3v) is 6.57. The van der Waals surface area contributed by atoms with Crippen LogP contribution in [0.2, 0.25) is 5.02 Å². The van der Waals surface area contributed by atoms with E-state index in [9.17, 15) is 24.5 Å². The van der Waals surface area contributed by atoms with Crippen LogP contribution in [0.1, 0.15) is 28.8 Å². The van der Waals surface area contributed by atoms with E-state index in [4.69, 9.17) is 16.3 Å². The standard InChI is InChI=1S/C25H24ClN3O6/c26-21-8-4-3-7-19(21)23(30)20-15-16(29(33)34)9-10-22(20)27-24(31)17-5-1-2-6-18(17)25(32)28-11-13-35-14-12-28/h1-4,7-10,15,17-18H,5-6,11-14H2,(H,27,31). The number of allylic oxidation sites excluding steroid dienone is 2. The molecule has 35 heavy (non-hydrogen) atoms. The smallest absolute Gasteiger partial charge is 0.270 e. The number of amides is 2. The summed E-state index contributed by atoms with van der Waals surface area (Å²) in [4.78, 5) is 52.2. The fourth-order valence-corrected chi connectivity index (χ4v) is 4.58. The topological polar surface area (TPSA) is 119 Å². The van der Waals surface area contributed by atoms with Gasteiger partial charge in [-0.05, 0) is 31.0 Å². The average molecular weight is 498 g/mol. The lowest BCUT2D eigenvalue weighted by Gasteiger charge is -2.34. The van der Waals surface area contributed by atoms with E-state index in [0.717, 1.165) is 6.07 Å². The van der Waals surface area contributed by atoms with Gasteiger partial charge in [-0.3, -0.25) is 24.5 Å². The number of hydrogen-bond donors (Lipinski definition) is 1. The summed E-state index contributed by atoms with van der Waals surface area (Å²) in [5, 5.41) is 14.3. The van der Waals surface area contributed by atoms with Gasteiger partial charge in [-0.1, -0.05) is 35.9 Å². The van der Waals surface area contributed by atoms with Gasteiger partial charge >= 0.3 is 0 Å². The van der Waals surface area contributed by atoms with Crippen LogP contribution >= 0.6 is 11.6 Å². The Balaban J connectivity index is 1.62. The van der Waals surface area contributed by atoms with E-state index >= 15 is 0 Å². The fraction of sp³-hybridized carbons (Fsp3) is 0.320. The monoisotopic (exact) mass is 497 g/mol. The van der Waals surface area contributed by atoms with Crippen molar-refractivity contribution in [3.8, 4) is 0 Å². The minimum Gasteiger partial charge on any atom is -0.378 e. The Morgan fingerprint density at radius 3 is 2.37 bits per heavy atom. The van der Waals surface area contributed by atoms with Crippen LogP contribution in [-0.2, 0) is 14.3 Å². The lowest BCUT2D eigenvalue weighted by atomic mass is 9.81. The maximum absolute atomic E-state index is 13.4. The van der Waals surface area contributed by atoms with Crippen LogP contribution in [0, 0.1) is 22.0 Å². The second kappa shape index (κ2) is 10.8. The molecule has 0 radical (unpaired) electrons. The molecule has 1 N–H and O–H groups in total. The highest BCUT2D eigenvalue weighted by Crippen LogP contribution is 2.32. The van der Waals surface area contributed by atoms with Crippen LogP contribution in [0.25, 0.3) is 0 Å². The summed E-state index contributed by atoms with van der Waals surface area (Å²) in [6.07, 6.45) is 4.55. The molecule has 10 heteroatoms. The summed E-state index contributed by atoms with van der Waals surface area (Å²) in [7, 11) is 0. The summed E-state index contributed by atoms with van der Waals surface area (Å²) in [6, 6.07) is 10.0. The van der Waals surface area contributed by atoms with Gasteiger partial charge in [0, 0.05) is 30.8 Å². The number of nitro benzene ring substituents is 1. The number of anilines is 1. The molecular weight excluding hydrogens is 474 g/mol. The minimum atomic E-state index is -0.645. The zero-order valence-electron chi connectivity index (χ0n) is 18.8. The molecule has 182 valence electrons. The third kappa shape index (κ3) is 5.41. The lowest BCUT2D eigenvalue weighted by Crippen LogP contribution is -2.47. The maximum atomic E-state index is 13.4. The van der Waals surface area contributed by atoms with Crippen molar-refractivity contribution in [1.29, 1.82) is 0 Å². The number of nitrogens with one attached hydrogen (secondary N) is 1. The van der Waals surface area contributed by atoms with E-state index in [1.165, 1.54) is 18.2 Å². The number of ketones is 1. The maximum Gasteiger partial charge on any atom is 0.270 e. The number of carbonyl (C=O) groups excluding carboxylic acids is 3. The first-order valence-electron chi connectivity index (χ1n) is 11.3. The van der Waals surface area contributed by atoms with Crippen LogP contribution in [0.15, 0.2) is 54.6 Å². The molecule has 2 atom stereocenters. The number of benzene rings is 2. The molecule has 0 spiro atoms. The first-order valence-corrected chi connectivity index (χ1v) is 11.6. The first-order chi connectivity index (χ1) is 16.9. The van der Waals surface area contributed by atoms with E-state index in [2.05, 4.69) is 5.32 Å². The molecule has 2 amide bonds. The molecule has 2 aromatic carbocycles. The van der Waals surface area contributed by atoms with Crippen molar-refractivity contribution in [3.05, 3.63) is 80.9 Å². The summed E-state index contributed by atoms with van der Waals surface area (Å²) < 4.78 is 5.32. The average Bonchev–Trinajstić information content (AvgIpc) is 2.88. The Labute approximate surface area is 206 Å². The van der Waals surface area contributed by atoms with Crippen molar-refractivity contribution < 1.29 is 24.0 Å². The molecule has 1 heterocycles. The van der Waals surface area contributed by atoms with Crippen LogP contribution in [0.3, 0.4) is 0 Å². The van der Waals surface area contributed by atoms with Crippen molar-refractivity contribution in [2.45, 2.75) is 12.8 Å². The van der Waals surface area contributed by atoms with Gasteiger partial charge in [-0.25, -0.2) is 0 Å². The van der Waals surface area contributed by atoms with E-state index in [1.54, 1.807) is 23.1 Å². The highest BCUT2D eigenvalue weighted by atomic mass is 35.5. The zero-order chi connectivity index (χ0) is 24.9. The molecule has 0 bridgehead atoms. The molecule has 1 fully saturated rings. The second-order valence-electron chi connectivity index (χ2n) is 8.38. The number of halogens is 1. The second-order valence-corrected chi connectivity index (χ2v) is 8.79. The van der Waals surface area contributed by atoms with Crippen LogP contribution in [0.4, 0.5) is 11.4 Å². The van der Waals surface area contributed by atoms with Crippen molar-refractivity contribution in [1.82, 2.24) is 4.90 Å². The number of nitro groups is 1. The highest BCUT2D eigenvalue weighted by Gasteiger charge is 2.37. The van der Waals surface area contributed by atoms with E-state index in [0.29, 0.717) is 39.1 Å². The number of ether oxygens (including phenoxy) is 1. The highest BCUT2D eigenvalue weighted by molar-refractivity contribution is 6.35. The van der Waals surface area contributed by atoms with Gasteiger partial charge in [-0.2, -0.15) is 0 Å². The zero-order valence-corrected chi connectivity index (χ0v) is 19.6. The van der Waals surface area contributed by atoms with Gasteiger partial charge in [0.05, 0.1) is 46.2 Å².